The first-order valence-corrected chi connectivity index (χ1v) is 8.90. The van der Waals surface area contributed by atoms with Crippen LogP contribution in [0.5, 0.6) is 0 Å². The number of piperazine rings is 1. The fourth-order valence-corrected chi connectivity index (χ4v) is 3.43. The van der Waals surface area contributed by atoms with Crippen molar-refractivity contribution in [3.05, 3.63) is 40.5 Å². The van der Waals surface area contributed by atoms with Crippen molar-refractivity contribution < 1.29 is 4.79 Å². The van der Waals surface area contributed by atoms with Crippen LogP contribution in [-0.2, 0) is 11.3 Å². The van der Waals surface area contributed by atoms with Gasteiger partial charge in [-0.05, 0) is 18.6 Å². The van der Waals surface area contributed by atoms with Gasteiger partial charge in [0.05, 0.1) is 16.2 Å². The first kappa shape index (κ1) is 17.2. The van der Waals surface area contributed by atoms with E-state index in [1.54, 1.807) is 0 Å². The number of para-hydroxylation sites is 1. The van der Waals surface area contributed by atoms with Crippen LogP contribution < -0.4 is 0 Å². The first-order valence-electron chi connectivity index (χ1n) is 8.52. The number of benzene rings is 1. The summed E-state index contributed by atoms with van der Waals surface area (Å²) in [6, 6.07) is 8.10. The number of aryl methyl sites for hydroxylation is 1. The largest absolute Gasteiger partial charge is 0.340 e. The standard InChI is InChI=1S/C19H24ClN3O/c1-13(2)19(24)23-10-8-22(9-11-23)12-17-18(20)14(3)15-6-4-5-7-16(15)21-17/h4-7,13H,8-12H2,1-3H3. The van der Waals surface area contributed by atoms with Gasteiger partial charge >= 0.3 is 0 Å². The van der Waals surface area contributed by atoms with E-state index in [1.807, 2.05) is 36.9 Å². The zero-order chi connectivity index (χ0) is 17.3. The molecule has 1 aromatic carbocycles. The molecule has 0 spiro atoms. The van der Waals surface area contributed by atoms with Crippen LogP contribution in [0.15, 0.2) is 24.3 Å². The molecule has 0 saturated carbocycles. The molecule has 24 heavy (non-hydrogen) atoms. The Hall–Kier alpha value is -1.65. The van der Waals surface area contributed by atoms with E-state index in [2.05, 4.69) is 17.9 Å². The molecule has 1 fully saturated rings. The number of hydrogen-bond donors (Lipinski definition) is 0. The van der Waals surface area contributed by atoms with Gasteiger partial charge in [0.2, 0.25) is 5.91 Å². The van der Waals surface area contributed by atoms with Crippen molar-refractivity contribution in [1.29, 1.82) is 0 Å². The number of nitrogens with zero attached hydrogens (tertiary/aromatic N) is 3. The SMILES string of the molecule is Cc1c(Cl)c(CN2CCN(C(=O)C(C)C)CC2)nc2ccccc12. The minimum Gasteiger partial charge on any atom is -0.340 e. The van der Waals surface area contributed by atoms with E-state index in [-0.39, 0.29) is 11.8 Å². The number of pyridine rings is 1. The molecule has 0 N–H and O–H groups in total. The molecule has 2 aromatic rings. The van der Waals surface area contributed by atoms with Gasteiger partial charge in [0.1, 0.15) is 0 Å². The number of amides is 1. The molecule has 1 amide bonds. The number of hydrogen-bond acceptors (Lipinski definition) is 3. The molecule has 0 aliphatic carbocycles. The normalized spacial score (nSPS) is 16.1. The van der Waals surface area contributed by atoms with E-state index >= 15 is 0 Å². The molecule has 1 aromatic heterocycles. The van der Waals surface area contributed by atoms with Gasteiger partial charge in [-0.3, -0.25) is 9.69 Å². The third kappa shape index (κ3) is 3.40. The summed E-state index contributed by atoms with van der Waals surface area (Å²) in [7, 11) is 0. The second-order valence-corrected chi connectivity index (χ2v) is 7.15. The van der Waals surface area contributed by atoms with Crippen LogP contribution in [0.25, 0.3) is 10.9 Å². The summed E-state index contributed by atoms with van der Waals surface area (Å²) in [5, 5.41) is 1.87. The molecule has 128 valence electrons. The van der Waals surface area contributed by atoms with Crippen LogP contribution in [0.4, 0.5) is 0 Å². The molecule has 0 unspecified atom stereocenters. The maximum atomic E-state index is 12.1. The lowest BCUT2D eigenvalue weighted by Gasteiger charge is -2.35. The Bertz CT molecular complexity index is 752. The molecule has 5 heteroatoms. The van der Waals surface area contributed by atoms with E-state index in [0.29, 0.717) is 0 Å². The van der Waals surface area contributed by atoms with Gasteiger partial charge in [-0.15, -0.1) is 0 Å². The monoisotopic (exact) mass is 345 g/mol. The second-order valence-electron chi connectivity index (χ2n) is 6.77. The predicted molar refractivity (Wildman–Crippen MR) is 98.2 cm³/mol. The van der Waals surface area contributed by atoms with Crippen LogP contribution in [0, 0.1) is 12.8 Å². The molecule has 2 heterocycles. The van der Waals surface area contributed by atoms with Crippen molar-refractivity contribution in [2.45, 2.75) is 27.3 Å². The Balaban J connectivity index is 1.73. The second kappa shape index (κ2) is 7.08. The number of halogens is 1. The average molecular weight is 346 g/mol. The van der Waals surface area contributed by atoms with E-state index in [1.165, 1.54) is 0 Å². The van der Waals surface area contributed by atoms with Gasteiger partial charge in [-0.2, -0.15) is 0 Å². The average Bonchev–Trinajstić information content (AvgIpc) is 2.59. The lowest BCUT2D eigenvalue weighted by Crippen LogP contribution is -2.49. The summed E-state index contributed by atoms with van der Waals surface area (Å²) in [6.45, 7) is 9.98. The van der Waals surface area contributed by atoms with Crippen molar-refractivity contribution in [3.8, 4) is 0 Å². The Morgan fingerprint density at radius 3 is 2.54 bits per heavy atom. The van der Waals surface area contributed by atoms with Crippen molar-refractivity contribution in [1.82, 2.24) is 14.8 Å². The van der Waals surface area contributed by atoms with E-state index in [9.17, 15) is 4.79 Å². The number of carbonyl (C=O) groups excluding carboxylic acids is 1. The fraction of sp³-hybridized carbons (Fsp3) is 0.474. The summed E-state index contributed by atoms with van der Waals surface area (Å²) in [6.07, 6.45) is 0. The molecule has 1 aliphatic rings. The van der Waals surface area contributed by atoms with E-state index < -0.39 is 0 Å². The van der Waals surface area contributed by atoms with Crippen LogP contribution in [0.3, 0.4) is 0 Å². The van der Waals surface area contributed by atoms with Gasteiger partial charge in [-0.25, -0.2) is 4.98 Å². The first-order chi connectivity index (χ1) is 11.5. The van der Waals surface area contributed by atoms with Crippen molar-refractivity contribution >= 4 is 28.4 Å². The molecular formula is C19H24ClN3O. The Labute approximate surface area is 148 Å². The van der Waals surface area contributed by atoms with Crippen molar-refractivity contribution in [2.75, 3.05) is 26.2 Å². The van der Waals surface area contributed by atoms with E-state index in [4.69, 9.17) is 16.6 Å². The summed E-state index contributed by atoms with van der Waals surface area (Å²) < 4.78 is 0. The number of carbonyl (C=O) groups is 1. The molecule has 1 aliphatic heterocycles. The molecule has 0 bridgehead atoms. The Morgan fingerprint density at radius 1 is 1.21 bits per heavy atom. The van der Waals surface area contributed by atoms with Crippen LogP contribution in [0.1, 0.15) is 25.1 Å². The summed E-state index contributed by atoms with van der Waals surface area (Å²) in [5.41, 5.74) is 3.01. The summed E-state index contributed by atoms with van der Waals surface area (Å²) in [4.78, 5) is 21.1. The van der Waals surface area contributed by atoms with Gasteiger partial charge in [0.15, 0.2) is 0 Å². The molecule has 1 saturated heterocycles. The van der Waals surface area contributed by atoms with Gasteiger partial charge in [0.25, 0.3) is 0 Å². The van der Waals surface area contributed by atoms with Crippen LogP contribution >= 0.6 is 11.6 Å². The van der Waals surface area contributed by atoms with Gasteiger partial charge in [0, 0.05) is 44.0 Å². The fourth-order valence-electron chi connectivity index (χ4n) is 3.23. The molecule has 3 rings (SSSR count). The highest BCUT2D eigenvalue weighted by Gasteiger charge is 2.23. The number of rotatable bonds is 3. The van der Waals surface area contributed by atoms with Crippen LogP contribution in [-0.4, -0.2) is 46.9 Å². The number of aromatic nitrogens is 1. The smallest absolute Gasteiger partial charge is 0.225 e. The topological polar surface area (TPSA) is 36.4 Å². The summed E-state index contributed by atoms with van der Waals surface area (Å²) >= 11 is 6.56. The van der Waals surface area contributed by atoms with E-state index in [0.717, 1.165) is 59.9 Å². The van der Waals surface area contributed by atoms with Crippen LogP contribution in [0.2, 0.25) is 5.02 Å². The van der Waals surface area contributed by atoms with Gasteiger partial charge in [-0.1, -0.05) is 43.6 Å². The van der Waals surface area contributed by atoms with Crippen molar-refractivity contribution in [3.63, 3.8) is 0 Å². The maximum absolute atomic E-state index is 12.1. The predicted octanol–water partition coefficient (Wildman–Crippen LogP) is 3.50. The lowest BCUT2D eigenvalue weighted by molar-refractivity contribution is -0.136. The summed E-state index contributed by atoms with van der Waals surface area (Å²) in [5.74, 6) is 0.308. The zero-order valence-corrected chi connectivity index (χ0v) is 15.3. The Kier molecular flexibility index (Phi) is 5.07. The highest BCUT2D eigenvalue weighted by molar-refractivity contribution is 6.32. The minimum absolute atomic E-state index is 0.0656. The maximum Gasteiger partial charge on any atom is 0.225 e. The highest BCUT2D eigenvalue weighted by Crippen LogP contribution is 2.27. The molecule has 0 atom stereocenters. The number of fused-ring (bicyclic) bond motifs is 1. The Morgan fingerprint density at radius 2 is 1.88 bits per heavy atom. The zero-order valence-electron chi connectivity index (χ0n) is 14.6. The van der Waals surface area contributed by atoms with Crippen molar-refractivity contribution in [2.24, 2.45) is 5.92 Å². The minimum atomic E-state index is 0.0656. The molecule has 0 radical (unpaired) electrons. The third-order valence-corrected chi connectivity index (χ3v) is 5.20. The lowest BCUT2D eigenvalue weighted by atomic mass is 10.1. The third-order valence-electron chi connectivity index (χ3n) is 4.70. The molecular weight excluding hydrogens is 322 g/mol. The highest BCUT2D eigenvalue weighted by atomic mass is 35.5. The quantitative estimate of drug-likeness (QED) is 0.854. The van der Waals surface area contributed by atoms with Gasteiger partial charge < -0.3 is 4.90 Å². The molecule has 4 nitrogen and oxygen atoms in total.